The summed E-state index contributed by atoms with van der Waals surface area (Å²) in [6, 6.07) is 4.89. The molecule has 1 aliphatic rings. The molecule has 0 bridgehead atoms. The molecule has 7 heteroatoms. The van der Waals surface area contributed by atoms with Gasteiger partial charge in [-0.1, -0.05) is 0 Å². The van der Waals surface area contributed by atoms with Crippen LogP contribution in [0.5, 0.6) is 11.5 Å². The second kappa shape index (κ2) is 8.54. The van der Waals surface area contributed by atoms with E-state index in [1.807, 2.05) is 6.92 Å². The molecule has 1 heterocycles. The quantitative estimate of drug-likeness (QED) is 0.766. The van der Waals surface area contributed by atoms with E-state index in [0.717, 1.165) is 13.0 Å². The number of benzene rings is 1. The van der Waals surface area contributed by atoms with Crippen LogP contribution in [0.15, 0.2) is 18.2 Å². The number of nitrogens with zero attached hydrogens (tertiary/aromatic N) is 1. The minimum atomic E-state index is -0.576. The fourth-order valence-corrected chi connectivity index (χ4v) is 2.65. The normalized spacial score (nSPS) is 16.7. The van der Waals surface area contributed by atoms with Crippen LogP contribution in [-0.4, -0.2) is 56.7 Å². The Morgan fingerprint density at radius 2 is 2.17 bits per heavy atom. The van der Waals surface area contributed by atoms with Crippen LogP contribution in [-0.2, 0) is 9.53 Å². The average Bonchev–Trinajstić information content (AvgIpc) is 3.10. The van der Waals surface area contributed by atoms with Gasteiger partial charge < -0.3 is 24.8 Å². The molecule has 2 N–H and O–H groups in total. The van der Waals surface area contributed by atoms with Crippen molar-refractivity contribution in [2.75, 3.05) is 40.0 Å². The highest BCUT2D eigenvalue weighted by molar-refractivity contribution is 5.95. The molecule has 0 aromatic heterocycles. The second-order valence-corrected chi connectivity index (χ2v) is 5.69. The Labute approximate surface area is 141 Å². The molecule has 7 nitrogen and oxygen atoms in total. The van der Waals surface area contributed by atoms with Gasteiger partial charge in [-0.2, -0.15) is 0 Å². The largest absolute Gasteiger partial charge is 0.493 e. The summed E-state index contributed by atoms with van der Waals surface area (Å²) in [5.41, 5.74) is 5.58. The van der Waals surface area contributed by atoms with Gasteiger partial charge in [0.05, 0.1) is 13.7 Å². The number of nitrogens with two attached hydrogens (primary N) is 1. The highest BCUT2D eigenvalue weighted by atomic mass is 16.5. The minimum absolute atomic E-state index is 0.0656. The van der Waals surface area contributed by atoms with Crippen molar-refractivity contribution in [3.05, 3.63) is 23.8 Å². The van der Waals surface area contributed by atoms with Gasteiger partial charge >= 0.3 is 0 Å². The lowest BCUT2D eigenvalue weighted by atomic mass is 10.1. The van der Waals surface area contributed by atoms with E-state index in [0.29, 0.717) is 42.7 Å². The number of hydrogen-bond donors (Lipinski definition) is 1. The van der Waals surface area contributed by atoms with Crippen molar-refractivity contribution >= 4 is 11.8 Å². The molecule has 0 unspecified atom stereocenters. The van der Waals surface area contributed by atoms with Gasteiger partial charge in [-0.3, -0.25) is 9.59 Å². The average molecular weight is 336 g/mol. The maximum atomic E-state index is 12.7. The SMILES string of the molecule is CCN(C[C@@H]1CCOC1)C(=O)c1ccc(OCC(N)=O)c(OC)c1. The molecular weight excluding hydrogens is 312 g/mol. The van der Waals surface area contributed by atoms with Crippen LogP contribution in [0.4, 0.5) is 0 Å². The Morgan fingerprint density at radius 3 is 2.75 bits per heavy atom. The lowest BCUT2D eigenvalue weighted by Gasteiger charge is -2.24. The molecule has 0 saturated carbocycles. The molecule has 1 saturated heterocycles. The maximum absolute atomic E-state index is 12.7. The summed E-state index contributed by atoms with van der Waals surface area (Å²) in [7, 11) is 1.48. The number of carbonyl (C=O) groups excluding carboxylic acids is 2. The number of amides is 2. The van der Waals surface area contributed by atoms with E-state index in [9.17, 15) is 9.59 Å². The molecule has 1 aliphatic heterocycles. The van der Waals surface area contributed by atoms with Crippen molar-refractivity contribution in [3.63, 3.8) is 0 Å². The Hall–Kier alpha value is -2.28. The van der Waals surface area contributed by atoms with E-state index in [4.69, 9.17) is 19.9 Å². The highest BCUT2D eigenvalue weighted by Gasteiger charge is 2.23. The topological polar surface area (TPSA) is 91.1 Å². The van der Waals surface area contributed by atoms with Crippen molar-refractivity contribution in [3.8, 4) is 11.5 Å². The number of primary amides is 1. The number of rotatable bonds is 8. The highest BCUT2D eigenvalue weighted by Crippen LogP contribution is 2.28. The van der Waals surface area contributed by atoms with Crippen LogP contribution in [0, 0.1) is 5.92 Å². The van der Waals surface area contributed by atoms with Crippen LogP contribution in [0.25, 0.3) is 0 Å². The first kappa shape index (κ1) is 18.1. The minimum Gasteiger partial charge on any atom is -0.493 e. The fraction of sp³-hybridized carbons (Fsp3) is 0.529. The van der Waals surface area contributed by atoms with E-state index in [-0.39, 0.29) is 12.5 Å². The summed E-state index contributed by atoms with van der Waals surface area (Å²) in [5, 5.41) is 0. The third-order valence-electron chi connectivity index (χ3n) is 3.95. The Balaban J connectivity index is 2.10. The summed E-state index contributed by atoms with van der Waals surface area (Å²) < 4.78 is 15.9. The van der Waals surface area contributed by atoms with E-state index >= 15 is 0 Å². The lowest BCUT2D eigenvalue weighted by molar-refractivity contribution is -0.119. The van der Waals surface area contributed by atoms with Gasteiger partial charge in [0.15, 0.2) is 18.1 Å². The number of hydrogen-bond acceptors (Lipinski definition) is 5. The second-order valence-electron chi connectivity index (χ2n) is 5.69. The first-order valence-electron chi connectivity index (χ1n) is 8.01. The van der Waals surface area contributed by atoms with Crippen LogP contribution >= 0.6 is 0 Å². The van der Waals surface area contributed by atoms with Crippen LogP contribution in [0.3, 0.4) is 0 Å². The van der Waals surface area contributed by atoms with Gasteiger partial charge in [-0.15, -0.1) is 0 Å². The third kappa shape index (κ3) is 4.61. The lowest BCUT2D eigenvalue weighted by Crippen LogP contribution is -2.35. The van der Waals surface area contributed by atoms with E-state index in [1.165, 1.54) is 7.11 Å². The zero-order valence-corrected chi connectivity index (χ0v) is 14.1. The molecule has 24 heavy (non-hydrogen) atoms. The Bertz CT molecular complexity index is 584. The standard InChI is InChI=1S/C17H24N2O5/c1-3-19(9-12-6-7-23-10-12)17(21)13-4-5-14(15(8-13)22-2)24-11-16(18)20/h4-5,8,12H,3,6-7,9-11H2,1-2H3,(H2,18,20)/t12-/m0/s1. The Morgan fingerprint density at radius 1 is 1.38 bits per heavy atom. The van der Waals surface area contributed by atoms with Gasteiger partial charge in [-0.25, -0.2) is 0 Å². The van der Waals surface area contributed by atoms with E-state index < -0.39 is 5.91 Å². The van der Waals surface area contributed by atoms with Crippen molar-refractivity contribution in [2.24, 2.45) is 11.7 Å². The zero-order chi connectivity index (χ0) is 17.5. The Kier molecular flexibility index (Phi) is 6.43. The summed E-state index contributed by atoms with van der Waals surface area (Å²) >= 11 is 0. The van der Waals surface area contributed by atoms with Gasteiger partial charge in [0.25, 0.3) is 11.8 Å². The van der Waals surface area contributed by atoms with Crippen molar-refractivity contribution < 1.29 is 23.8 Å². The van der Waals surface area contributed by atoms with Crippen LogP contribution < -0.4 is 15.2 Å². The molecule has 1 aromatic carbocycles. The van der Waals surface area contributed by atoms with E-state index in [1.54, 1.807) is 23.1 Å². The molecule has 1 fully saturated rings. The molecule has 0 radical (unpaired) electrons. The van der Waals surface area contributed by atoms with Crippen LogP contribution in [0.1, 0.15) is 23.7 Å². The zero-order valence-electron chi connectivity index (χ0n) is 14.1. The monoisotopic (exact) mass is 336 g/mol. The van der Waals surface area contributed by atoms with Gasteiger partial charge in [0, 0.05) is 31.2 Å². The predicted octanol–water partition coefficient (Wildman–Crippen LogP) is 1.06. The molecular formula is C17H24N2O5. The van der Waals surface area contributed by atoms with Gasteiger partial charge in [-0.05, 0) is 31.5 Å². The summed E-state index contributed by atoms with van der Waals surface area (Å²) in [5.74, 6) is 0.508. The maximum Gasteiger partial charge on any atom is 0.255 e. The molecule has 1 aromatic rings. The predicted molar refractivity (Wildman–Crippen MR) is 88.2 cm³/mol. The smallest absolute Gasteiger partial charge is 0.255 e. The molecule has 2 amide bonds. The van der Waals surface area contributed by atoms with Crippen molar-refractivity contribution in [2.45, 2.75) is 13.3 Å². The number of ether oxygens (including phenoxy) is 3. The van der Waals surface area contributed by atoms with Gasteiger partial charge in [0.1, 0.15) is 0 Å². The van der Waals surface area contributed by atoms with Crippen molar-refractivity contribution in [1.29, 1.82) is 0 Å². The molecule has 0 spiro atoms. The number of carbonyl (C=O) groups is 2. The molecule has 1 atom stereocenters. The van der Waals surface area contributed by atoms with Gasteiger partial charge in [0.2, 0.25) is 0 Å². The summed E-state index contributed by atoms with van der Waals surface area (Å²) in [6.07, 6.45) is 0.979. The van der Waals surface area contributed by atoms with Crippen molar-refractivity contribution in [1.82, 2.24) is 4.90 Å². The number of methoxy groups -OCH3 is 1. The van der Waals surface area contributed by atoms with E-state index in [2.05, 4.69) is 0 Å². The first-order valence-corrected chi connectivity index (χ1v) is 8.01. The third-order valence-corrected chi connectivity index (χ3v) is 3.95. The summed E-state index contributed by atoms with van der Waals surface area (Å²) in [6.45, 7) is 4.47. The molecule has 0 aliphatic carbocycles. The summed E-state index contributed by atoms with van der Waals surface area (Å²) in [4.78, 5) is 25.4. The first-order chi connectivity index (χ1) is 11.5. The fourth-order valence-electron chi connectivity index (χ4n) is 2.65. The molecule has 132 valence electrons. The molecule has 2 rings (SSSR count). The van der Waals surface area contributed by atoms with Crippen LogP contribution in [0.2, 0.25) is 0 Å².